The number of hydrogen-bond donors (Lipinski definition) is 2. The Morgan fingerprint density at radius 3 is 2.52 bits per heavy atom. The Balaban J connectivity index is 1.59. The molecular weight excluding hydrogens is 382 g/mol. The summed E-state index contributed by atoms with van der Waals surface area (Å²) in [7, 11) is 0. The topological polar surface area (TPSA) is 85.8 Å². The zero-order valence-electron chi connectivity index (χ0n) is 15.0. The first kappa shape index (κ1) is 19.3. The summed E-state index contributed by atoms with van der Waals surface area (Å²) < 4.78 is 1.41. The molecule has 3 aromatic rings. The molecule has 2 aromatic carbocycles. The molecule has 0 aliphatic rings. The molecule has 0 saturated carbocycles. The Hall–Kier alpha value is -2.51. The molecule has 1 heterocycles. The van der Waals surface area contributed by atoms with Gasteiger partial charge in [0.2, 0.25) is 11.1 Å². The van der Waals surface area contributed by atoms with Crippen molar-refractivity contribution in [2.24, 2.45) is 0 Å². The maximum atomic E-state index is 12.2. The maximum absolute atomic E-state index is 12.2. The quantitative estimate of drug-likeness (QED) is 0.487. The summed E-state index contributed by atoms with van der Waals surface area (Å²) in [5.74, 6) is 6.74. The molecule has 0 aliphatic heterocycles. The molecule has 0 saturated heterocycles. The molecule has 0 spiro atoms. The van der Waals surface area contributed by atoms with Gasteiger partial charge in [0.05, 0.1) is 11.8 Å². The number of nitrogens with two attached hydrogens (primary N) is 1. The second kappa shape index (κ2) is 8.45. The van der Waals surface area contributed by atoms with Crippen LogP contribution in [0.2, 0.25) is 5.02 Å². The molecule has 0 fully saturated rings. The van der Waals surface area contributed by atoms with E-state index in [-0.39, 0.29) is 17.7 Å². The highest BCUT2D eigenvalue weighted by atomic mass is 35.5. The summed E-state index contributed by atoms with van der Waals surface area (Å²) in [6.45, 7) is 3.94. The van der Waals surface area contributed by atoms with Crippen molar-refractivity contribution in [1.82, 2.24) is 20.2 Å². The molecular formula is C19H20ClN5OS. The van der Waals surface area contributed by atoms with Crippen molar-refractivity contribution in [3.8, 4) is 11.4 Å². The summed E-state index contributed by atoms with van der Waals surface area (Å²) in [5, 5.41) is 12.3. The summed E-state index contributed by atoms with van der Waals surface area (Å²) >= 11 is 7.14. The number of amides is 1. The lowest BCUT2D eigenvalue weighted by Crippen LogP contribution is -2.28. The van der Waals surface area contributed by atoms with Crippen LogP contribution in [-0.4, -0.2) is 26.5 Å². The monoisotopic (exact) mass is 401 g/mol. The van der Waals surface area contributed by atoms with Gasteiger partial charge in [-0.25, -0.2) is 4.68 Å². The lowest BCUT2D eigenvalue weighted by atomic mass is 10.1. The number of aromatic nitrogens is 3. The molecule has 6 nitrogen and oxygen atoms in total. The molecule has 1 aromatic heterocycles. The Morgan fingerprint density at radius 2 is 1.85 bits per heavy atom. The first-order valence-electron chi connectivity index (χ1n) is 8.39. The minimum absolute atomic E-state index is 0.109. The molecule has 140 valence electrons. The number of nitrogens with zero attached hydrogens (tertiary/aromatic N) is 3. The van der Waals surface area contributed by atoms with Gasteiger partial charge in [-0.15, -0.1) is 10.2 Å². The van der Waals surface area contributed by atoms with Gasteiger partial charge in [0.15, 0.2) is 5.82 Å². The van der Waals surface area contributed by atoms with Gasteiger partial charge in [-0.2, -0.15) is 0 Å². The predicted octanol–water partition coefficient (Wildman–Crippen LogP) is 3.59. The molecule has 8 heteroatoms. The van der Waals surface area contributed by atoms with Crippen LogP contribution in [0.5, 0.6) is 0 Å². The maximum Gasteiger partial charge on any atom is 0.230 e. The number of nitrogen functional groups attached to an aromatic ring is 1. The van der Waals surface area contributed by atoms with Crippen molar-refractivity contribution in [2.45, 2.75) is 25.0 Å². The molecule has 27 heavy (non-hydrogen) atoms. The second-order valence-electron chi connectivity index (χ2n) is 6.17. The highest BCUT2D eigenvalue weighted by Crippen LogP contribution is 2.22. The summed E-state index contributed by atoms with van der Waals surface area (Å²) in [6.07, 6.45) is 0. The number of benzene rings is 2. The first-order valence-corrected chi connectivity index (χ1v) is 9.75. The second-order valence-corrected chi connectivity index (χ2v) is 7.55. The van der Waals surface area contributed by atoms with E-state index in [0.29, 0.717) is 16.0 Å². The molecule has 3 rings (SSSR count). The Labute approximate surface area is 167 Å². The average molecular weight is 402 g/mol. The standard InChI is InChI=1S/C19H20ClN5OS/c1-12-3-5-15(6-4-12)18-23-24-19(25(18)21)27-11-17(26)22-13(2)14-7-9-16(20)10-8-14/h3-10,13H,11,21H2,1-2H3,(H,22,26). The van der Waals surface area contributed by atoms with E-state index >= 15 is 0 Å². The van der Waals surface area contributed by atoms with E-state index < -0.39 is 0 Å². The van der Waals surface area contributed by atoms with Crippen LogP contribution < -0.4 is 11.2 Å². The summed E-state index contributed by atoms with van der Waals surface area (Å²) in [5.41, 5.74) is 3.02. The Morgan fingerprint density at radius 1 is 1.19 bits per heavy atom. The van der Waals surface area contributed by atoms with Gasteiger partial charge in [0, 0.05) is 10.6 Å². The third-order valence-electron chi connectivity index (χ3n) is 4.05. The van der Waals surface area contributed by atoms with Crippen molar-refractivity contribution in [3.63, 3.8) is 0 Å². The smallest absolute Gasteiger partial charge is 0.230 e. The van der Waals surface area contributed by atoms with Crippen LogP contribution in [0.4, 0.5) is 0 Å². The minimum Gasteiger partial charge on any atom is -0.349 e. The van der Waals surface area contributed by atoms with Crippen LogP contribution >= 0.6 is 23.4 Å². The lowest BCUT2D eigenvalue weighted by Gasteiger charge is -2.14. The first-order chi connectivity index (χ1) is 12.9. The molecule has 1 amide bonds. The lowest BCUT2D eigenvalue weighted by molar-refractivity contribution is -0.119. The van der Waals surface area contributed by atoms with Crippen molar-refractivity contribution in [1.29, 1.82) is 0 Å². The number of halogens is 1. The molecule has 0 aliphatic carbocycles. The predicted molar refractivity (Wildman–Crippen MR) is 109 cm³/mol. The zero-order valence-corrected chi connectivity index (χ0v) is 16.6. The van der Waals surface area contributed by atoms with Crippen LogP contribution in [0.25, 0.3) is 11.4 Å². The molecule has 0 radical (unpaired) electrons. The molecule has 0 bridgehead atoms. The SMILES string of the molecule is Cc1ccc(-c2nnc(SCC(=O)NC(C)c3ccc(Cl)cc3)n2N)cc1. The molecule has 1 atom stereocenters. The fourth-order valence-corrected chi connectivity index (χ4v) is 3.32. The van der Waals surface area contributed by atoms with Gasteiger partial charge < -0.3 is 11.2 Å². The molecule has 1 unspecified atom stereocenters. The summed E-state index contributed by atoms with van der Waals surface area (Å²) in [6, 6.07) is 15.1. The number of thioether (sulfide) groups is 1. The number of rotatable bonds is 6. The van der Waals surface area contributed by atoms with E-state index in [4.69, 9.17) is 17.4 Å². The highest BCUT2D eigenvalue weighted by Gasteiger charge is 2.15. The highest BCUT2D eigenvalue weighted by molar-refractivity contribution is 7.99. The average Bonchev–Trinajstić information content (AvgIpc) is 3.02. The van der Waals surface area contributed by atoms with Gasteiger partial charge in [0.1, 0.15) is 0 Å². The van der Waals surface area contributed by atoms with E-state index in [0.717, 1.165) is 16.7 Å². The van der Waals surface area contributed by atoms with Gasteiger partial charge in [-0.05, 0) is 31.5 Å². The van der Waals surface area contributed by atoms with Gasteiger partial charge in [-0.3, -0.25) is 4.79 Å². The van der Waals surface area contributed by atoms with Crippen molar-refractivity contribution in [2.75, 3.05) is 11.6 Å². The van der Waals surface area contributed by atoms with Crippen molar-refractivity contribution >= 4 is 29.3 Å². The number of carbonyl (C=O) groups is 1. The molecule has 3 N–H and O–H groups in total. The number of hydrogen-bond acceptors (Lipinski definition) is 5. The van der Waals surface area contributed by atoms with Crippen molar-refractivity contribution < 1.29 is 4.79 Å². The minimum atomic E-state index is -0.116. The fourth-order valence-electron chi connectivity index (χ4n) is 2.52. The Bertz CT molecular complexity index is 924. The van der Waals surface area contributed by atoms with Gasteiger partial charge in [-0.1, -0.05) is 65.3 Å². The van der Waals surface area contributed by atoms with Crippen LogP contribution in [0.3, 0.4) is 0 Å². The normalized spacial score (nSPS) is 12.0. The van der Waals surface area contributed by atoms with Crippen LogP contribution in [0.15, 0.2) is 53.7 Å². The van der Waals surface area contributed by atoms with E-state index in [9.17, 15) is 4.79 Å². The van der Waals surface area contributed by atoms with Crippen LogP contribution in [0.1, 0.15) is 24.1 Å². The fraction of sp³-hybridized carbons (Fsp3) is 0.211. The number of aryl methyl sites for hydroxylation is 1. The largest absolute Gasteiger partial charge is 0.349 e. The van der Waals surface area contributed by atoms with Crippen molar-refractivity contribution in [3.05, 3.63) is 64.7 Å². The zero-order chi connectivity index (χ0) is 19.4. The summed E-state index contributed by atoms with van der Waals surface area (Å²) in [4.78, 5) is 12.2. The van der Waals surface area contributed by atoms with E-state index in [1.165, 1.54) is 16.4 Å². The van der Waals surface area contributed by atoms with Crippen LogP contribution in [0, 0.1) is 6.92 Å². The third-order valence-corrected chi connectivity index (χ3v) is 5.25. The van der Waals surface area contributed by atoms with Gasteiger partial charge in [0.25, 0.3) is 0 Å². The van der Waals surface area contributed by atoms with Crippen LogP contribution in [-0.2, 0) is 4.79 Å². The van der Waals surface area contributed by atoms with E-state index in [1.54, 1.807) is 12.1 Å². The number of nitrogens with one attached hydrogen (secondary N) is 1. The van der Waals surface area contributed by atoms with Gasteiger partial charge >= 0.3 is 0 Å². The van der Waals surface area contributed by atoms with E-state index in [2.05, 4.69) is 15.5 Å². The Kier molecular flexibility index (Phi) is 6.03. The third kappa shape index (κ3) is 4.81. The number of carbonyl (C=O) groups excluding carboxylic acids is 1. The van der Waals surface area contributed by atoms with E-state index in [1.807, 2.05) is 50.2 Å².